The lowest BCUT2D eigenvalue weighted by Gasteiger charge is -2.36. The van der Waals surface area contributed by atoms with Gasteiger partial charge in [-0.3, -0.25) is 0 Å². The van der Waals surface area contributed by atoms with E-state index in [0.29, 0.717) is 0 Å². The minimum atomic E-state index is 1.00. The van der Waals surface area contributed by atoms with E-state index < -0.39 is 0 Å². The molecule has 0 heteroatoms. The monoisotopic (exact) mass is 428 g/mol. The van der Waals surface area contributed by atoms with Crippen molar-refractivity contribution in [1.29, 1.82) is 0 Å². The summed E-state index contributed by atoms with van der Waals surface area (Å²) in [6, 6.07) is 0. The van der Waals surface area contributed by atoms with Crippen LogP contribution in [-0.2, 0) is 0 Å². The van der Waals surface area contributed by atoms with Gasteiger partial charge in [-0.25, -0.2) is 0 Å². The standard InChI is InChI=1S/C31H56/c1-25-10-7-17-29(18-8-11-25)31-19-9-14-27(24-31)13-6-5-12-26-20-22-30(23-21-26)28-15-3-2-4-16-28/h25-31H,2-24H2,1H3. The summed E-state index contributed by atoms with van der Waals surface area (Å²) in [5.41, 5.74) is 0. The normalized spacial score (nSPS) is 39.0. The van der Waals surface area contributed by atoms with Crippen molar-refractivity contribution in [2.45, 2.75) is 155 Å². The van der Waals surface area contributed by atoms with Crippen LogP contribution < -0.4 is 0 Å². The van der Waals surface area contributed by atoms with Crippen LogP contribution in [0.2, 0.25) is 0 Å². The Morgan fingerprint density at radius 2 is 0.935 bits per heavy atom. The zero-order chi connectivity index (χ0) is 21.3. The molecule has 4 rings (SSSR count). The van der Waals surface area contributed by atoms with Gasteiger partial charge in [-0.2, -0.15) is 0 Å². The average Bonchev–Trinajstić information content (AvgIpc) is 2.80. The van der Waals surface area contributed by atoms with E-state index in [1.807, 2.05) is 0 Å². The van der Waals surface area contributed by atoms with Crippen LogP contribution in [0.3, 0.4) is 0 Å². The maximum absolute atomic E-state index is 2.49. The predicted molar refractivity (Wildman–Crippen MR) is 136 cm³/mol. The molecule has 4 aliphatic rings. The SMILES string of the molecule is CC1CCCC(C2CCCC(CCCCC3CCC(C4CCCCC4)CC3)C2)CCC1. The Kier molecular flexibility index (Phi) is 10.1. The summed E-state index contributed by atoms with van der Waals surface area (Å²) in [5.74, 6) is 7.61. The van der Waals surface area contributed by atoms with E-state index in [9.17, 15) is 0 Å². The van der Waals surface area contributed by atoms with Gasteiger partial charge in [0.05, 0.1) is 0 Å². The van der Waals surface area contributed by atoms with Crippen LogP contribution in [-0.4, -0.2) is 0 Å². The largest absolute Gasteiger partial charge is 0.0625 e. The molecule has 4 aliphatic carbocycles. The molecule has 180 valence electrons. The van der Waals surface area contributed by atoms with E-state index in [1.165, 1.54) is 44.9 Å². The zero-order valence-corrected chi connectivity index (χ0v) is 21.3. The van der Waals surface area contributed by atoms with Gasteiger partial charge in [0, 0.05) is 0 Å². The topological polar surface area (TPSA) is 0 Å². The number of hydrogen-bond acceptors (Lipinski definition) is 0. The van der Waals surface area contributed by atoms with Crippen molar-refractivity contribution in [2.24, 2.45) is 41.4 Å². The summed E-state index contributed by atoms with van der Waals surface area (Å²) in [4.78, 5) is 0. The molecule has 0 bridgehead atoms. The number of unbranched alkanes of at least 4 members (excludes halogenated alkanes) is 1. The molecular weight excluding hydrogens is 372 g/mol. The van der Waals surface area contributed by atoms with Crippen molar-refractivity contribution in [1.82, 2.24) is 0 Å². The molecule has 2 unspecified atom stereocenters. The second-order valence-corrected chi connectivity index (χ2v) is 13.0. The first-order valence-electron chi connectivity index (χ1n) is 15.3. The lowest BCUT2D eigenvalue weighted by atomic mass is 9.69. The highest BCUT2D eigenvalue weighted by Crippen LogP contribution is 2.43. The first-order valence-corrected chi connectivity index (χ1v) is 15.3. The Morgan fingerprint density at radius 3 is 1.65 bits per heavy atom. The van der Waals surface area contributed by atoms with Crippen molar-refractivity contribution in [3.8, 4) is 0 Å². The Bertz CT molecular complexity index is 456. The molecular formula is C31H56. The van der Waals surface area contributed by atoms with Crippen LogP contribution in [0.5, 0.6) is 0 Å². The summed E-state index contributed by atoms with van der Waals surface area (Å²) in [6.07, 6.45) is 35.7. The lowest BCUT2D eigenvalue weighted by Crippen LogP contribution is -2.24. The highest BCUT2D eigenvalue weighted by atomic mass is 14.4. The highest BCUT2D eigenvalue weighted by molar-refractivity contribution is 4.82. The summed E-state index contributed by atoms with van der Waals surface area (Å²) in [6.45, 7) is 2.49. The Labute approximate surface area is 196 Å². The van der Waals surface area contributed by atoms with E-state index in [-0.39, 0.29) is 0 Å². The smallest absolute Gasteiger partial charge is 0.0383 e. The Balaban J connectivity index is 1.08. The summed E-state index contributed by atoms with van der Waals surface area (Å²) >= 11 is 0. The second-order valence-electron chi connectivity index (χ2n) is 13.0. The molecule has 0 heterocycles. The fraction of sp³-hybridized carbons (Fsp3) is 1.00. The third-order valence-electron chi connectivity index (χ3n) is 10.7. The van der Waals surface area contributed by atoms with Gasteiger partial charge >= 0.3 is 0 Å². The summed E-state index contributed by atoms with van der Waals surface area (Å²) in [7, 11) is 0. The molecule has 0 radical (unpaired) electrons. The maximum Gasteiger partial charge on any atom is -0.0383 e. The van der Waals surface area contributed by atoms with E-state index in [4.69, 9.17) is 0 Å². The van der Waals surface area contributed by atoms with Gasteiger partial charge in [-0.05, 0) is 60.7 Å². The highest BCUT2D eigenvalue weighted by Gasteiger charge is 2.30. The van der Waals surface area contributed by atoms with Crippen molar-refractivity contribution >= 4 is 0 Å². The molecule has 0 amide bonds. The molecule has 0 N–H and O–H groups in total. The molecule has 0 aromatic rings. The Hall–Kier alpha value is 0. The van der Waals surface area contributed by atoms with E-state index >= 15 is 0 Å². The molecule has 31 heavy (non-hydrogen) atoms. The van der Waals surface area contributed by atoms with Crippen LogP contribution in [0, 0.1) is 41.4 Å². The van der Waals surface area contributed by atoms with Gasteiger partial charge in [0.25, 0.3) is 0 Å². The molecule has 0 aromatic carbocycles. The molecule has 0 spiro atoms. The van der Waals surface area contributed by atoms with Crippen molar-refractivity contribution in [3.05, 3.63) is 0 Å². The van der Waals surface area contributed by atoms with Gasteiger partial charge < -0.3 is 0 Å². The molecule has 0 aromatic heterocycles. The van der Waals surface area contributed by atoms with Crippen molar-refractivity contribution < 1.29 is 0 Å². The minimum Gasteiger partial charge on any atom is -0.0625 e. The van der Waals surface area contributed by atoms with Crippen LogP contribution in [0.15, 0.2) is 0 Å². The zero-order valence-electron chi connectivity index (χ0n) is 21.3. The third-order valence-corrected chi connectivity index (χ3v) is 10.7. The maximum atomic E-state index is 2.49. The minimum absolute atomic E-state index is 1.00. The summed E-state index contributed by atoms with van der Waals surface area (Å²) < 4.78 is 0. The van der Waals surface area contributed by atoms with Gasteiger partial charge in [-0.1, -0.05) is 135 Å². The van der Waals surface area contributed by atoms with E-state index in [2.05, 4.69) is 6.92 Å². The fourth-order valence-electron chi connectivity index (χ4n) is 8.66. The van der Waals surface area contributed by atoms with E-state index in [1.54, 1.807) is 103 Å². The fourth-order valence-corrected chi connectivity index (χ4v) is 8.66. The lowest BCUT2D eigenvalue weighted by molar-refractivity contribution is 0.152. The van der Waals surface area contributed by atoms with Crippen LogP contribution in [0.4, 0.5) is 0 Å². The van der Waals surface area contributed by atoms with Crippen LogP contribution in [0.1, 0.15) is 155 Å². The van der Waals surface area contributed by atoms with Gasteiger partial charge in [0.2, 0.25) is 0 Å². The molecule has 0 nitrogen and oxygen atoms in total. The quantitative estimate of drug-likeness (QED) is 0.354. The number of hydrogen-bond donors (Lipinski definition) is 0. The van der Waals surface area contributed by atoms with Gasteiger partial charge in [0.15, 0.2) is 0 Å². The molecule has 4 saturated carbocycles. The average molecular weight is 429 g/mol. The first-order chi connectivity index (χ1) is 15.3. The second kappa shape index (κ2) is 13.0. The van der Waals surface area contributed by atoms with Crippen LogP contribution in [0.25, 0.3) is 0 Å². The molecule has 0 saturated heterocycles. The van der Waals surface area contributed by atoms with Crippen molar-refractivity contribution in [2.75, 3.05) is 0 Å². The first kappa shape index (κ1) is 24.1. The number of rotatable bonds is 7. The third kappa shape index (κ3) is 7.78. The predicted octanol–water partition coefficient (Wildman–Crippen LogP) is 10.3. The van der Waals surface area contributed by atoms with Crippen molar-refractivity contribution in [3.63, 3.8) is 0 Å². The summed E-state index contributed by atoms with van der Waals surface area (Å²) in [5, 5.41) is 0. The van der Waals surface area contributed by atoms with Gasteiger partial charge in [0.1, 0.15) is 0 Å². The molecule has 4 fully saturated rings. The van der Waals surface area contributed by atoms with Gasteiger partial charge in [-0.15, -0.1) is 0 Å². The van der Waals surface area contributed by atoms with Crippen LogP contribution >= 0.6 is 0 Å². The van der Waals surface area contributed by atoms with E-state index in [0.717, 1.165) is 41.4 Å². The Morgan fingerprint density at radius 1 is 0.419 bits per heavy atom. The molecule has 0 aliphatic heterocycles. The molecule has 2 atom stereocenters.